The van der Waals surface area contributed by atoms with Crippen molar-refractivity contribution in [3.63, 3.8) is 0 Å². The molecule has 0 fully saturated rings. The van der Waals surface area contributed by atoms with E-state index in [9.17, 15) is 9.90 Å². The van der Waals surface area contributed by atoms with E-state index in [0.717, 1.165) is 6.42 Å². The van der Waals surface area contributed by atoms with Crippen LogP contribution in [0, 0.1) is 0 Å². The zero-order chi connectivity index (χ0) is 11.3. The number of aromatic hydroxyl groups is 1. The third-order valence-electron chi connectivity index (χ3n) is 2.06. The molecule has 0 unspecified atom stereocenters. The molecule has 0 spiro atoms. The van der Waals surface area contributed by atoms with E-state index in [4.69, 9.17) is 4.74 Å². The molecule has 1 rings (SSSR count). The van der Waals surface area contributed by atoms with Gasteiger partial charge in [-0.15, -0.1) is 0 Å². The number of carbonyl (C=O) groups excluding carboxylic acids is 1. The molecule has 1 aromatic rings. The van der Waals surface area contributed by atoms with Crippen molar-refractivity contribution < 1.29 is 14.6 Å². The zero-order valence-corrected chi connectivity index (χ0v) is 9.12. The molecule has 0 amide bonds. The molecule has 82 valence electrons. The molecule has 0 aliphatic carbocycles. The van der Waals surface area contributed by atoms with Crippen molar-refractivity contribution in [2.45, 2.75) is 26.7 Å². The molecule has 0 saturated heterocycles. The average Bonchev–Trinajstić information content (AvgIpc) is 2.18. The molecule has 3 nitrogen and oxygen atoms in total. The summed E-state index contributed by atoms with van der Waals surface area (Å²) in [4.78, 5) is 11.5. The van der Waals surface area contributed by atoms with Crippen LogP contribution in [0.3, 0.4) is 0 Å². The number of hydrogen-bond acceptors (Lipinski definition) is 3. The van der Waals surface area contributed by atoms with Crippen molar-refractivity contribution in [1.82, 2.24) is 0 Å². The van der Waals surface area contributed by atoms with Crippen LogP contribution in [0.5, 0.6) is 11.5 Å². The second kappa shape index (κ2) is 5.39. The lowest BCUT2D eigenvalue weighted by Gasteiger charge is -2.06. The lowest BCUT2D eigenvalue weighted by atomic mass is 10.1. The molecule has 0 radical (unpaired) electrons. The van der Waals surface area contributed by atoms with E-state index in [-0.39, 0.29) is 11.5 Å². The predicted molar refractivity (Wildman–Crippen MR) is 58.5 cm³/mol. The van der Waals surface area contributed by atoms with Gasteiger partial charge in [0.1, 0.15) is 11.5 Å². The fourth-order valence-corrected chi connectivity index (χ4v) is 1.37. The Morgan fingerprint density at radius 2 is 2.13 bits per heavy atom. The SMILES string of the molecule is CCCC(=O)c1ccc(OCC)cc1O. The molecule has 0 aliphatic rings. The molecule has 0 heterocycles. The summed E-state index contributed by atoms with van der Waals surface area (Å²) in [5.74, 6) is 0.556. The van der Waals surface area contributed by atoms with Gasteiger partial charge in [0, 0.05) is 12.5 Å². The van der Waals surface area contributed by atoms with Crippen LogP contribution in [0.1, 0.15) is 37.0 Å². The largest absolute Gasteiger partial charge is 0.507 e. The molecule has 0 saturated carbocycles. The van der Waals surface area contributed by atoms with Crippen molar-refractivity contribution in [2.24, 2.45) is 0 Å². The fourth-order valence-electron chi connectivity index (χ4n) is 1.37. The Bertz CT molecular complexity index is 345. The number of phenols is 1. The van der Waals surface area contributed by atoms with Gasteiger partial charge in [-0.05, 0) is 25.5 Å². The lowest BCUT2D eigenvalue weighted by Crippen LogP contribution is -1.99. The van der Waals surface area contributed by atoms with Gasteiger partial charge < -0.3 is 9.84 Å². The summed E-state index contributed by atoms with van der Waals surface area (Å²) in [5.41, 5.74) is 0.375. The molecule has 1 aromatic carbocycles. The Balaban J connectivity index is 2.87. The molecule has 1 N–H and O–H groups in total. The number of Topliss-reactive ketones (excluding diaryl/α,β-unsaturated/α-hetero) is 1. The van der Waals surface area contributed by atoms with E-state index in [2.05, 4.69) is 0 Å². The van der Waals surface area contributed by atoms with Gasteiger partial charge in [-0.3, -0.25) is 4.79 Å². The highest BCUT2D eigenvalue weighted by Crippen LogP contribution is 2.24. The molecule has 0 aromatic heterocycles. The highest BCUT2D eigenvalue weighted by atomic mass is 16.5. The van der Waals surface area contributed by atoms with E-state index in [1.807, 2.05) is 13.8 Å². The van der Waals surface area contributed by atoms with Crippen LogP contribution < -0.4 is 4.74 Å². The van der Waals surface area contributed by atoms with Crippen molar-refractivity contribution in [3.8, 4) is 11.5 Å². The first-order valence-corrected chi connectivity index (χ1v) is 5.18. The van der Waals surface area contributed by atoms with Gasteiger partial charge in [-0.2, -0.15) is 0 Å². The molecule has 0 bridgehead atoms. The van der Waals surface area contributed by atoms with Gasteiger partial charge >= 0.3 is 0 Å². The van der Waals surface area contributed by atoms with Gasteiger partial charge in [0.05, 0.1) is 12.2 Å². The smallest absolute Gasteiger partial charge is 0.166 e. The summed E-state index contributed by atoms with van der Waals surface area (Å²) in [6, 6.07) is 4.79. The van der Waals surface area contributed by atoms with Crippen LogP contribution in [0.2, 0.25) is 0 Å². The molecule has 0 aliphatic heterocycles. The van der Waals surface area contributed by atoms with Crippen LogP contribution in [0.15, 0.2) is 18.2 Å². The maximum Gasteiger partial charge on any atom is 0.166 e. The number of carbonyl (C=O) groups is 1. The minimum atomic E-state index is -0.0296. The van der Waals surface area contributed by atoms with Crippen LogP contribution in [-0.4, -0.2) is 17.5 Å². The molecule has 0 atom stereocenters. The standard InChI is InChI=1S/C12H16O3/c1-3-5-11(13)10-7-6-9(15-4-2)8-12(10)14/h6-8,14H,3-5H2,1-2H3. The van der Waals surface area contributed by atoms with Gasteiger partial charge in [-0.25, -0.2) is 0 Å². The third-order valence-corrected chi connectivity index (χ3v) is 2.06. The number of ketones is 1. The highest BCUT2D eigenvalue weighted by molar-refractivity contribution is 5.98. The molecular formula is C12H16O3. The van der Waals surface area contributed by atoms with Crippen LogP contribution >= 0.6 is 0 Å². The first kappa shape index (κ1) is 11.6. The quantitative estimate of drug-likeness (QED) is 0.757. The van der Waals surface area contributed by atoms with Crippen molar-refractivity contribution in [2.75, 3.05) is 6.61 Å². The average molecular weight is 208 g/mol. The number of ether oxygens (including phenoxy) is 1. The van der Waals surface area contributed by atoms with Gasteiger partial charge in [0.15, 0.2) is 5.78 Å². The lowest BCUT2D eigenvalue weighted by molar-refractivity contribution is 0.0979. The van der Waals surface area contributed by atoms with Crippen LogP contribution in [0.25, 0.3) is 0 Å². The maximum absolute atomic E-state index is 11.5. The first-order valence-electron chi connectivity index (χ1n) is 5.18. The van der Waals surface area contributed by atoms with E-state index in [1.54, 1.807) is 12.1 Å². The van der Waals surface area contributed by atoms with Crippen molar-refractivity contribution >= 4 is 5.78 Å². The number of phenolic OH excluding ortho intramolecular Hbond substituents is 1. The minimum absolute atomic E-state index is 0.000556. The topological polar surface area (TPSA) is 46.5 Å². The minimum Gasteiger partial charge on any atom is -0.507 e. The van der Waals surface area contributed by atoms with Crippen molar-refractivity contribution in [1.29, 1.82) is 0 Å². The summed E-state index contributed by atoms with van der Waals surface area (Å²) in [7, 11) is 0. The van der Waals surface area contributed by atoms with Crippen molar-refractivity contribution in [3.05, 3.63) is 23.8 Å². The van der Waals surface area contributed by atoms with Crippen LogP contribution in [-0.2, 0) is 0 Å². The number of hydrogen-bond donors (Lipinski definition) is 1. The second-order valence-corrected chi connectivity index (χ2v) is 3.29. The zero-order valence-electron chi connectivity index (χ0n) is 9.12. The summed E-state index contributed by atoms with van der Waals surface area (Å²) in [5, 5.41) is 9.61. The second-order valence-electron chi connectivity index (χ2n) is 3.29. The summed E-state index contributed by atoms with van der Waals surface area (Å²) >= 11 is 0. The Kier molecular flexibility index (Phi) is 4.16. The summed E-state index contributed by atoms with van der Waals surface area (Å²) in [6.45, 7) is 4.35. The summed E-state index contributed by atoms with van der Waals surface area (Å²) < 4.78 is 5.21. The van der Waals surface area contributed by atoms with E-state index in [0.29, 0.717) is 24.3 Å². The number of rotatable bonds is 5. The Labute approximate surface area is 89.7 Å². The van der Waals surface area contributed by atoms with Gasteiger partial charge in [0.2, 0.25) is 0 Å². The highest BCUT2D eigenvalue weighted by Gasteiger charge is 2.10. The fraction of sp³-hybridized carbons (Fsp3) is 0.417. The Morgan fingerprint density at radius 3 is 2.67 bits per heavy atom. The normalized spacial score (nSPS) is 10.0. The molecule has 15 heavy (non-hydrogen) atoms. The Morgan fingerprint density at radius 1 is 1.40 bits per heavy atom. The van der Waals surface area contributed by atoms with Crippen LogP contribution in [0.4, 0.5) is 0 Å². The van der Waals surface area contributed by atoms with Gasteiger partial charge in [0.25, 0.3) is 0 Å². The Hall–Kier alpha value is -1.51. The predicted octanol–water partition coefficient (Wildman–Crippen LogP) is 2.77. The van der Waals surface area contributed by atoms with E-state index < -0.39 is 0 Å². The number of benzene rings is 1. The maximum atomic E-state index is 11.5. The third kappa shape index (κ3) is 2.98. The summed E-state index contributed by atoms with van der Waals surface area (Å²) in [6.07, 6.45) is 1.24. The molecule has 3 heteroatoms. The van der Waals surface area contributed by atoms with Gasteiger partial charge in [-0.1, -0.05) is 6.92 Å². The monoisotopic (exact) mass is 208 g/mol. The van der Waals surface area contributed by atoms with E-state index in [1.165, 1.54) is 6.07 Å². The molecular weight excluding hydrogens is 192 g/mol. The first-order chi connectivity index (χ1) is 7.19. The van der Waals surface area contributed by atoms with E-state index >= 15 is 0 Å².